The van der Waals surface area contributed by atoms with Crippen molar-refractivity contribution < 1.29 is 14.6 Å². The zero-order valence-corrected chi connectivity index (χ0v) is 14.4. The minimum atomic E-state index is -0.872. The van der Waals surface area contributed by atoms with Gasteiger partial charge in [0.1, 0.15) is 5.82 Å². The number of ether oxygens (including phenoxy) is 1. The highest BCUT2D eigenvalue weighted by atomic mass is 35.5. The number of hydrogen-bond acceptors (Lipinski definition) is 6. The smallest absolute Gasteiger partial charge is 0.407 e. The summed E-state index contributed by atoms with van der Waals surface area (Å²) in [4.78, 5) is 23.4. The third kappa shape index (κ3) is 3.09. The molecule has 2 aliphatic rings. The molecule has 2 aromatic heterocycles. The Morgan fingerprint density at radius 3 is 2.60 bits per heavy atom. The topological polar surface area (TPSA) is 96.6 Å². The number of piperidine rings is 1. The number of carbonyl (C=O) groups is 1. The predicted octanol–water partition coefficient (Wildman–Crippen LogP) is 1.63. The van der Waals surface area contributed by atoms with Gasteiger partial charge in [-0.3, -0.25) is 0 Å². The molecule has 10 heteroatoms. The second-order valence-electron chi connectivity index (χ2n) is 6.24. The first-order valence-electron chi connectivity index (χ1n) is 8.35. The van der Waals surface area contributed by atoms with Gasteiger partial charge in [-0.25, -0.2) is 9.48 Å². The molecule has 134 valence electrons. The lowest BCUT2D eigenvalue weighted by atomic mass is 10.1. The van der Waals surface area contributed by atoms with E-state index in [-0.39, 0.29) is 11.3 Å². The van der Waals surface area contributed by atoms with Crippen molar-refractivity contribution in [2.45, 2.75) is 18.9 Å². The van der Waals surface area contributed by atoms with E-state index in [1.165, 1.54) is 4.90 Å². The number of nitrogens with zero attached hydrogens (tertiary/aromatic N) is 6. The van der Waals surface area contributed by atoms with Crippen LogP contribution in [0.2, 0.25) is 5.28 Å². The Balaban J connectivity index is 1.65. The zero-order valence-electron chi connectivity index (χ0n) is 13.6. The van der Waals surface area contributed by atoms with Crippen molar-refractivity contribution in [1.82, 2.24) is 24.6 Å². The minimum Gasteiger partial charge on any atom is -0.465 e. The zero-order chi connectivity index (χ0) is 17.4. The van der Waals surface area contributed by atoms with Crippen LogP contribution in [-0.2, 0) is 4.74 Å². The van der Waals surface area contributed by atoms with Gasteiger partial charge in [-0.1, -0.05) is 0 Å². The highest BCUT2D eigenvalue weighted by Crippen LogP contribution is 2.30. The van der Waals surface area contributed by atoms with Gasteiger partial charge >= 0.3 is 6.09 Å². The third-order valence-electron chi connectivity index (χ3n) is 4.80. The van der Waals surface area contributed by atoms with Crippen LogP contribution >= 0.6 is 11.6 Å². The fourth-order valence-corrected chi connectivity index (χ4v) is 3.63. The maximum atomic E-state index is 11.1. The number of fused-ring (bicyclic) bond motifs is 1. The Hall–Kier alpha value is -2.13. The maximum Gasteiger partial charge on any atom is 0.407 e. The van der Waals surface area contributed by atoms with E-state index >= 15 is 0 Å². The number of amides is 1. The van der Waals surface area contributed by atoms with E-state index in [0.717, 1.165) is 24.3 Å². The first-order valence-corrected chi connectivity index (χ1v) is 8.72. The lowest BCUT2D eigenvalue weighted by Gasteiger charge is -2.30. The van der Waals surface area contributed by atoms with Gasteiger partial charge in [0.05, 0.1) is 30.8 Å². The predicted molar refractivity (Wildman–Crippen MR) is 91.2 cm³/mol. The largest absolute Gasteiger partial charge is 0.465 e. The minimum absolute atomic E-state index is 0.108. The molecule has 0 bridgehead atoms. The molecule has 1 amide bonds. The second-order valence-corrected chi connectivity index (χ2v) is 6.58. The van der Waals surface area contributed by atoms with Gasteiger partial charge in [0, 0.05) is 26.2 Å². The molecule has 2 aliphatic heterocycles. The molecular formula is C15H19ClN6O3. The number of anilines is 1. The molecule has 0 saturated carbocycles. The summed E-state index contributed by atoms with van der Waals surface area (Å²) in [5.74, 6) is 0.785. The van der Waals surface area contributed by atoms with Crippen LogP contribution in [0.3, 0.4) is 0 Å². The molecule has 2 fully saturated rings. The molecule has 0 spiro atoms. The van der Waals surface area contributed by atoms with E-state index in [2.05, 4.69) is 20.0 Å². The van der Waals surface area contributed by atoms with Gasteiger partial charge < -0.3 is 19.6 Å². The van der Waals surface area contributed by atoms with E-state index < -0.39 is 6.09 Å². The number of aromatic nitrogens is 4. The fourth-order valence-electron chi connectivity index (χ4n) is 3.47. The summed E-state index contributed by atoms with van der Waals surface area (Å²) in [5.41, 5.74) is 0.704. The van der Waals surface area contributed by atoms with E-state index in [1.807, 2.05) is 4.68 Å². The fraction of sp³-hybridized carbons (Fsp3) is 0.600. The van der Waals surface area contributed by atoms with Crippen molar-refractivity contribution in [2.24, 2.45) is 0 Å². The molecule has 4 heterocycles. The summed E-state index contributed by atoms with van der Waals surface area (Å²) >= 11 is 6.17. The van der Waals surface area contributed by atoms with Crippen LogP contribution in [0.15, 0.2) is 6.20 Å². The standard InChI is InChI=1S/C15H19ClN6O3/c16-14-18-12(20-5-7-25-8-6-20)11-9-17-22(13(11)19-14)10-1-3-21(4-2-10)15(23)24/h9-10H,1-8H2,(H,23,24). The van der Waals surface area contributed by atoms with Crippen molar-refractivity contribution in [3.8, 4) is 0 Å². The van der Waals surface area contributed by atoms with Crippen LogP contribution in [-0.4, -0.2) is 75.2 Å². The van der Waals surface area contributed by atoms with E-state index in [9.17, 15) is 4.79 Å². The number of hydrogen-bond donors (Lipinski definition) is 1. The molecule has 0 unspecified atom stereocenters. The summed E-state index contributed by atoms with van der Waals surface area (Å²) in [7, 11) is 0. The number of halogens is 1. The molecule has 9 nitrogen and oxygen atoms in total. The highest BCUT2D eigenvalue weighted by molar-refractivity contribution is 6.28. The third-order valence-corrected chi connectivity index (χ3v) is 4.97. The summed E-state index contributed by atoms with van der Waals surface area (Å²) < 4.78 is 7.27. The first-order chi connectivity index (χ1) is 12.1. The van der Waals surface area contributed by atoms with Gasteiger partial charge in [-0.15, -0.1) is 0 Å². The average Bonchev–Trinajstić information content (AvgIpc) is 3.05. The molecule has 0 aliphatic carbocycles. The van der Waals surface area contributed by atoms with Crippen molar-refractivity contribution in [3.63, 3.8) is 0 Å². The summed E-state index contributed by atoms with van der Waals surface area (Å²) in [5, 5.41) is 14.7. The van der Waals surface area contributed by atoms with Crippen molar-refractivity contribution in [1.29, 1.82) is 0 Å². The summed E-state index contributed by atoms with van der Waals surface area (Å²) in [6.07, 6.45) is 2.32. The first kappa shape index (κ1) is 16.3. The number of likely N-dealkylation sites (tertiary alicyclic amines) is 1. The molecule has 2 saturated heterocycles. The molecule has 1 N–H and O–H groups in total. The van der Waals surface area contributed by atoms with Crippen molar-refractivity contribution in [2.75, 3.05) is 44.3 Å². The van der Waals surface area contributed by atoms with Gasteiger partial charge in [0.25, 0.3) is 0 Å². The Morgan fingerprint density at radius 1 is 1.20 bits per heavy atom. The SMILES string of the molecule is O=C(O)N1CCC(n2ncc3c(N4CCOCC4)nc(Cl)nc32)CC1. The van der Waals surface area contributed by atoms with Crippen LogP contribution in [0, 0.1) is 0 Å². The lowest BCUT2D eigenvalue weighted by Crippen LogP contribution is -2.38. The maximum absolute atomic E-state index is 11.1. The quantitative estimate of drug-likeness (QED) is 0.807. The van der Waals surface area contributed by atoms with Gasteiger partial charge in [-0.2, -0.15) is 15.1 Å². The number of carboxylic acid groups (broad SMARTS) is 1. The normalized spacial score (nSPS) is 19.6. The molecule has 0 radical (unpaired) electrons. The molecule has 0 atom stereocenters. The Morgan fingerprint density at radius 2 is 1.92 bits per heavy atom. The summed E-state index contributed by atoms with van der Waals surface area (Å²) in [6.45, 7) is 3.82. The van der Waals surface area contributed by atoms with Crippen LogP contribution in [0.5, 0.6) is 0 Å². The van der Waals surface area contributed by atoms with Crippen LogP contribution in [0.1, 0.15) is 18.9 Å². The van der Waals surface area contributed by atoms with Crippen molar-refractivity contribution in [3.05, 3.63) is 11.5 Å². The van der Waals surface area contributed by atoms with Gasteiger partial charge in [0.15, 0.2) is 5.65 Å². The van der Waals surface area contributed by atoms with Crippen LogP contribution < -0.4 is 4.90 Å². The van der Waals surface area contributed by atoms with Crippen molar-refractivity contribution >= 4 is 34.5 Å². The average molecular weight is 367 g/mol. The van der Waals surface area contributed by atoms with E-state index in [4.69, 9.17) is 21.4 Å². The Kier molecular flexibility index (Phi) is 4.34. The van der Waals surface area contributed by atoms with E-state index in [0.29, 0.717) is 44.8 Å². The molecular weight excluding hydrogens is 348 g/mol. The van der Waals surface area contributed by atoms with Gasteiger partial charge in [-0.05, 0) is 24.4 Å². The highest BCUT2D eigenvalue weighted by Gasteiger charge is 2.27. The van der Waals surface area contributed by atoms with Crippen LogP contribution in [0.4, 0.5) is 10.6 Å². The number of morpholine rings is 1. The lowest BCUT2D eigenvalue weighted by molar-refractivity contribution is 0.122. The van der Waals surface area contributed by atoms with Crippen LogP contribution in [0.25, 0.3) is 11.0 Å². The monoisotopic (exact) mass is 366 g/mol. The summed E-state index contributed by atoms with van der Waals surface area (Å²) in [6, 6.07) is 0.108. The molecule has 25 heavy (non-hydrogen) atoms. The molecule has 4 rings (SSSR count). The Bertz CT molecular complexity index is 783. The molecule has 0 aromatic carbocycles. The van der Waals surface area contributed by atoms with E-state index in [1.54, 1.807) is 6.20 Å². The number of rotatable bonds is 2. The van der Waals surface area contributed by atoms with Gasteiger partial charge in [0.2, 0.25) is 5.28 Å². The Labute approximate surface area is 149 Å². The second kappa shape index (κ2) is 6.64. The molecule has 2 aromatic rings.